The summed E-state index contributed by atoms with van der Waals surface area (Å²) in [5.74, 6) is 2.24. The molecule has 2 aliphatic carbocycles. The third-order valence-electron chi connectivity index (χ3n) is 4.24. The minimum atomic E-state index is -3.23. The Morgan fingerprint density at radius 1 is 1.19 bits per heavy atom. The summed E-state index contributed by atoms with van der Waals surface area (Å²) >= 11 is 0. The average Bonchev–Trinajstić information content (AvgIpc) is 2.76. The Morgan fingerprint density at radius 3 is 2.62 bits per heavy atom. The van der Waals surface area contributed by atoms with Crippen molar-refractivity contribution in [2.24, 2.45) is 17.8 Å². The van der Waals surface area contributed by atoms with Gasteiger partial charge in [0.05, 0.1) is 0 Å². The molecule has 2 rings (SSSR count). The summed E-state index contributed by atoms with van der Waals surface area (Å²) in [7, 11) is -0.101. The van der Waals surface area contributed by atoms with Crippen LogP contribution in [0.4, 0.5) is 0 Å². The van der Waals surface area contributed by atoms with E-state index in [9.17, 15) is 8.42 Å². The van der Waals surface area contributed by atoms with Gasteiger partial charge in [0.1, 0.15) is 0 Å². The zero-order chi connectivity index (χ0) is 11.8. The Bertz CT molecular complexity index is 340. The summed E-state index contributed by atoms with van der Waals surface area (Å²) < 4.78 is 27.1. The second-order valence-electron chi connectivity index (χ2n) is 5.33. The molecule has 0 bridgehead atoms. The standard InChI is InChI=1S/C11H22N2O2S/c1-13(2)16(14,15)12-8-10-7-6-9-4-3-5-11(9)10/h9-12H,3-8H2,1-2H3/t9-,10+,11-/m0/s1. The molecule has 2 fully saturated rings. The molecule has 2 aliphatic rings. The molecule has 16 heavy (non-hydrogen) atoms. The molecule has 0 heterocycles. The quantitative estimate of drug-likeness (QED) is 0.810. The van der Waals surface area contributed by atoms with Crippen molar-refractivity contribution in [3.05, 3.63) is 0 Å². The Kier molecular flexibility index (Phi) is 3.56. The Balaban J connectivity index is 1.87. The lowest BCUT2D eigenvalue weighted by Gasteiger charge is -2.20. The van der Waals surface area contributed by atoms with E-state index in [0.29, 0.717) is 12.5 Å². The molecule has 3 atom stereocenters. The largest absolute Gasteiger partial charge is 0.278 e. The summed E-state index contributed by atoms with van der Waals surface area (Å²) in [4.78, 5) is 0. The van der Waals surface area contributed by atoms with Crippen LogP contribution in [-0.4, -0.2) is 33.4 Å². The predicted molar refractivity (Wildman–Crippen MR) is 64.2 cm³/mol. The highest BCUT2D eigenvalue weighted by molar-refractivity contribution is 7.87. The third kappa shape index (κ3) is 2.41. The maximum Gasteiger partial charge on any atom is 0.278 e. The molecule has 0 aliphatic heterocycles. The highest BCUT2D eigenvalue weighted by Crippen LogP contribution is 2.47. The van der Waals surface area contributed by atoms with Crippen LogP contribution >= 0.6 is 0 Å². The van der Waals surface area contributed by atoms with Gasteiger partial charge in [-0.15, -0.1) is 0 Å². The monoisotopic (exact) mass is 246 g/mol. The summed E-state index contributed by atoms with van der Waals surface area (Å²) in [5.41, 5.74) is 0. The van der Waals surface area contributed by atoms with E-state index in [2.05, 4.69) is 4.72 Å². The molecule has 0 amide bonds. The fourth-order valence-electron chi connectivity index (χ4n) is 3.28. The van der Waals surface area contributed by atoms with Crippen molar-refractivity contribution in [3.63, 3.8) is 0 Å². The van der Waals surface area contributed by atoms with Crippen LogP contribution < -0.4 is 4.72 Å². The maximum absolute atomic E-state index is 11.6. The van der Waals surface area contributed by atoms with Crippen LogP contribution in [0, 0.1) is 17.8 Å². The number of nitrogens with one attached hydrogen (secondary N) is 1. The lowest BCUT2D eigenvalue weighted by Crippen LogP contribution is -2.39. The van der Waals surface area contributed by atoms with Crippen molar-refractivity contribution in [3.8, 4) is 0 Å². The van der Waals surface area contributed by atoms with Crippen LogP contribution in [0.2, 0.25) is 0 Å². The summed E-state index contributed by atoms with van der Waals surface area (Å²) in [6, 6.07) is 0. The minimum Gasteiger partial charge on any atom is -0.202 e. The lowest BCUT2D eigenvalue weighted by atomic mass is 9.92. The van der Waals surface area contributed by atoms with E-state index >= 15 is 0 Å². The van der Waals surface area contributed by atoms with Crippen LogP contribution in [-0.2, 0) is 10.2 Å². The fourth-order valence-corrected chi connectivity index (χ4v) is 3.96. The van der Waals surface area contributed by atoms with Gasteiger partial charge in [0.15, 0.2) is 0 Å². The molecule has 0 aromatic rings. The molecule has 5 heteroatoms. The van der Waals surface area contributed by atoms with Gasteiger partial charge in [-0.2, -0.15) is 12.7 Å². The first-order valence-corrected chi connectivity index (χ1v) is 7.62. The molecule has 2 saturated carbocycles. The van der Waals surface area contributed by atoms with Crippen LogP contribution in [0.3, 0.4) is 0 Å². The van der Waals surface area contributed by atoms with Crippen molar-refractivity contribution >= 4 is 10.2 Å². The van der Waals surface area contributed by atoms with Gasteiger partial charge in [0, 0.05) is 20.6 Å². The zero-order valence-corrected chi connectivity index (χ0v) is 11.0. The van der Waals surface area contributed by atoms with Crippen molar-refractivity contribution in [2.45, 2.75) is 32.1 Å². The highest BCUT2D eigenvalue weighted by atomic mass is 32.2. The highest BCUT2D eigenvalue weighted by Gasteiger charge is 2.39. The molecule has 0 aromatic heterocycles. The van der Waals surface area contributed by atoms with E-state index in [1.807, 2.05) is 0 Å². The topological polar surface area (TPSA) is 49.4 Å². The first-order chi connectivity index (χ1) is 7.50. The normalized spacial score (nSPS) is 34.6. The van der Waals surface area contributed by atoms with Gasteiger partial charge >= 0.3 is 0 Å². The Hall–Kier alpha value is -0.130. The van der Waals surface area contributed by atoms with E-state index in [4.69, 9.17) is 0 Å². The van der Waals surface area contributed by atoms with Gasteiger partial charge in [0.25, 0.3) is 10.2 Å². The van der Waals surface area contributed by atoms with Crippen LogP contribution in [0.1, 0.15) is 32.1 Å². The van der Waals surface area contributed by atoms with Crippen LogP contribution in [0.5, 0.6) is 0 Å². The van der Waals surface area contributed by atoms with E-state index in [0.717, 1.165) is 11.8 Å². The molecule has 0 saturated heterocycles. The zero-order valence-electron chi connectivity index (χ0n) is 10.1. The molecule has 1 N–H and O–H groups in total. The number of hydrogen-bond acceptors (Lipinski definition) is 2. The second kappa shape index (κ2) is 4.63. The fraction of sp³-hybridized carbons (Fsp3) is 1.00. The first-order valence-electron chi connectivity index (χ1n) is 6.18. The van der Waals surface area contributed by atoms with Crippen LogP contribution in [0.25, 0.3) is 0 Å². The predicted octanol–water partition coefficient (Wildman–Crippen LogP) is 1.21. The molecule has 0 aromatic carbocycles. The van der Waals surface area contributed by atoms with Gasteiger partial charge in [-0.05, 0) is 37.0 Å². The molecule has 0 unspecified atom stereocenters. The van der Waals surface area contributed by atoms with Gasteiger partial charge in [-0.3, -0.25) is 0 Å². The molecular formula is C11H22N2O2S. The molecular weight excluding hydrogens is 224 g/mol. The Labute approximate surface area is 98.6 Å². The summed E-state index contributed by atoms with van der Waals surface area (Å²) in [6.45, 7) is 0.627. The molecule has 0 spiro atoms. The second-order valence-corrected chi connectivity index (χ2v) is 7.30. The molecule has 0 radical (unpaired) electrons. The van der Waals surface area contributed by atoms with Crippen molar-refractivity contribution in [1.29, 1.82) is 0 Å². The first kappa shape index (κ1) is 12.3. The van der Waals surface area contributed by atoms with Gasteiger partial charge in [-0.25, -0.2) is 4.72 Å². The van der Waals surface area contributed by atoms with E-state index in [1.165, 1.54) is 36.4 Å². The Morgan fingerprint density at radius 2 is 1.94 bits per heavy atom. The summed E-state index contributed by atoms with van der Waals surface area (Å²) in [5, 5.41) is 0. The minimum absolute atomic E-state index is 0.572. The SMILES string of the molecule is CN(C)S(=O)(=O)NC[C@H]1CC[C@@H]2CCC[C@@H]21. The smallest absolute Gasteiger partial charge is 0.202 e. The molecule has 94 valence electrons. The number of hydrogen-bond donors (Lipinski definition) is 1. The lowest BCUT2D eigenvalue weighted by molar-refractivity contribution is 0.349. The van der Waals surface area contributed by atoms with Gasteiger partial charge < -0.3 is 0 Å². The van der Waals surface area contributed by atoms with Gasteiger partial charge in [0.2, 0.25) is 0 Å². The summed E-state index contributed by atoms with van der Waals surface area (Å²) in [6.07, 6.45) is 6.51. The maximum atomic E-state index is 11.6. The number of nitrogens with zero attached hydrogens (tertiary/aromatic N) is 1. The van der Waals surface area contributed by atoms with Gasteiger partial charge in [-0.1, -0.05) is 12.8 Å². The third-order valence-corrected chi connectivity index (χ3v) is 5.73. The van der Waals surface area contributed by atoms with E-state index in [-0.39, 0.29) is 0 Å². The van der Waals surface area contributed by atoms with Crippen molar-refractivity contribution in [2.75, 3.05) is 20.6 Å². The van der Waals surface area contributed by atoms with E-state index < -0.39 is 10.2 Å². The average molecular weight is 246 g/mol. The number of rotatable bonds is 4. The van der Waals surface area contributed by atoms with Crippen LogP contribution in [0.15, 0.2) is 0 Å². The van der Waals surface area contributed by atoms with Crippen molar-refractivity contribution < 1.29 is 8.42 Å². The number of fused-ring (bicyclic) bond motifs is 1. The van der Waals surface area contributed by atoms with E-state index in [1.54, 1.807) is 14.1 Å². The van der Waals surface area contributed by atoms with Crippen molar-refractivity contribution in [1.82, 2.24) is 9.03 Å². The molecule has 4 nitrogen and oxygen atoms in total.